The van der Waals surface area contributed by atoms with Gasteiger partial charge in [-0.25, -0.2) is 0 Å². The first-order valence-electron chi connectivity index (χ1n) is 8.90. The van der Waals surface area contributed by atoms with E-state index in [0.29, 0.717) is 0 Å². The molecule has 0 spiro atoms. The van der Waals surface area contributed by atoms with Crippen molar-refractivity contribution < 1.29 is 0 Å². The van der Waals surface area contributed by atoms with Crippen LogP contribution in [0.2, 0.25) is 0 Å². The number of hydrogen-bond acceptors (Lipinski definition) is 1. The monoisotopic (exact) mass is 267 g/mol. The van der Waals surface area contributed by atoms with Gasteiger partial charge in [-0.3, -0.25) is 0 Å². The van der Waals surface area contributed by atoms with E-state index in [1.807, 2.05) is 0 Å². The topological polar surface area (TPSA) is 12.0 Å². The van der Waals surface area contributed by atoms with Gasteiger partial charge in [-0.1, -0.05) is 59.8 Å². The maximum absolute atomic E-state index is 3.78. The molecule has 1 nitrogen and oxygen atoms in total. The molecule has 1 aliphatic rings. The quantitative estimate of drug-likeness (QED) is 0.552. The lowest BCUT2D eigenvalue weighted by molar-refractivity contribution is 0.170. The van der Waals surface area contributed by atoms with Crippen LogP contribution in [0.15, 0.2) is 0 Å². The summed E-state index contributed by atoms with van der Waals surface area (Å²) in [5.74, 6) is 2.81. The summed E-state index contributed by atoms with van der Waals surface area (Å²) in [4.78, 5) is 0. The Morgan fingerprint density at radius 2 is 1.53 bits per heavy atom. The highest BCUT2D eigenvalue weighted by Gasteiger charge is 2.29. The molecule has 0 bridgehead atoms. The van der Waals surface area contributed by atoms with Gasteiger partial charge in [-0.15, -0.1) is 0 Å². The van der Waals surface area contributed by atoms with Crippen LogP contribution in [0.25, 0.3) is 0 Å². The lowest BCUT2D eigenvalue weighted by Gasteiger charge is -2.37. The zero-order chi connectivity index (χ0) is 14.1. The van der Waals surface area contributed by atoms with Crippen molar-refractivity contribution in [3.05, 3.63) is 0 Å². The summed E-state index contributed by atoms with van der Waals surface area (Å²) in [6.45, 7) is 10.6. The molecule has 0 aliphatic heterocycles. The maximum atomic E-state index is 3.78. The van der Waals surface area contributed by atoms with E-state index in [1.165, 1.54) is 57.8 Å². The van der Waals surface area contributed by atoms with Crippen molar-refractivity contribution in [3.8, 4) is 0 Å². The fraction of sp³-hybridized carbons (Fsp3) is 1.00. The molecule has 0 aromatic carbocycles. The second kappa shape index (κ2) is 9.80. The Labute approximate surface area is 121 Å². The molecule has 1 fully saturated rings. The van der Waals surface area contributed by atoms with Gasteiger partial charge in [-0.05, 0) is 50.0 Å². The second-order valence-electron chi connectivity index (χ2n) is 7.04. The van der Waals surface area contributed by atoms with Crippen LogP contribution in [0.4, 0.5) is 0 Å². The molecule has 1 saturated carbocycles. The Morgan fingerprint density at radius 1 is 0.895 bits per heavy atom. The van der Waals surface area contributed by atoms with Crippen molar-refractivity contribution in [2.45, 2.75) is 91.5 Å². The van der Waals surface area contributed by atoms with Crippen LogP contribution in [-0.4, -0.2) is 12.6 Å². The van der Waals surface area contributed by atoms with E-state index in [2.05, 4.69) is 33.0 Å². The minimum absolute atomic E-state index is 0.789. The average molecular weight is 268 g/mol. The molecule has 0 aromatic rings. The number of nitrogens with one attached hydrogen (secondary N) is 1. The summed E-state index contributed by atoms with van der Waals surface area (Å²) < 4.78 is 0. The standard InChI is InChI=1S/C18H37N/c1-5-7-8-9-10-11-18(19-6-2)17-13-15(3)12-16(4)14-17/h15-19H,5-14H2,1-4H3. The SMILES string of the molecule is CCCCCCCC(NCC)C1CC(C)CC(C)C1. The Bertz CT molecular complexity index is 204. The predicted molar refractivity (Wildman–Crippen MR) is 86.5 cm³/mol. The molecule has 0 saturated heterocycles. The van der Waals surface area contributed by atoms with Gasteiger partial charge >= 0.3 is 0 Å². The van der Waals surface area contributed by atoms with E-state index in [-0.39, 0.29) is 0 Å². The maximum Gasteiger partial charge on any atom is 0.00954 e. The van der Waals surface area contributed by atoms with Crippen molar-refractivity contribution in [1.82, 2.24) is 5.32 Å². The van der Waals surface area contributed by atoms with E-state index in [1.54, 1.807) is 0 Å². The van der Waals surface area contributed by atoms with Gasteiger partial charge in [0.15, 0.2) is 0 Å². The number of hydrogen-bond donors (Lipinski definition) is 1. The molecule has 0 radical (unpaired) electrons. The zero-order valence-corrected chi connectivity index (χ0v) is 13.9. The van der Waals surface area contributed by atoms with Gasteiger partial charge in [0.25, 0.3) is 0 Å². The highest BCUT2D eigenvalue weighted by Crippen LogP contribution is 2.35. The molecule has 0 amide bonds. The Balaban J connectivity index is 2.33. The molecule has 0 heterocycles. The molecule has 3 unspecified atom stereocenters. The van der Waals surface area contributed by atoms with E-state index in [4.69, 9.17) is 0 Å². The lowest BCUT2D eigenvalue weighted by atomic mass is 9.73. The average Bonchev–Trinajstić information content (AvgIpc) is 2.36. The summed E-state index contributed by atoms with van der Waals surface area (Å²) in [6.07, 6.45) is 12.8. The number of unbranched alkanes of at least 4 members (excludes halogenated alkanes) is 4. The molecule has 3 atom stereocenters. The van der Waals surface area contributed by atoms with E-state index in [9.17, 15) is 0 Å². The summed E-state index contributed by atoms with van der Waals surface area (Å²) in [5, 5.41) is 3.78. The Kier molecular flexibility index (Phi) is 8.77. The first-order chi connectivity index (χ1) is 9.17. The predicted octanol–water partition coefficient (Wildman–Crippen LogP) is 5.40. The normalized spacial score (nSPS) is 29.4. The Morgan fingerprint density at radius 3 is 2.11 bits per heavy atom. The van der Waals surface area contributed by atoms with Crippen molar-refractivity contribution in [2.75, 3.05) is 6.54 Å². The lowest BCUT2D eigenvalue weighted by Crippen LogP contribution is -2.39. The van der Waals surface area contributed by atoms with E-state index < -0.39 is 0 Å². The fourth-order valence-electron chi connectivity index (χ4n) is 4.07. The van der Waals surface area contributed by atoms with Gasteiger partial charge in [0, 0.05) is 6.04 Å². The van der Waals surface area contributed by atoms with Crippen LogP contribution in [0.3, 0.4) is 0 Å². The molecule has 114 valence electrons. The molecule has 1 rings (SSSR count). The third-order valence-corrected chi connectivity index (χ3v) is 4.87. The van der Waals surface area contributed by atoms with Gasteiger partial charge in [0.05, 0.1) is 0 Å². The van der Waals surface area contributed by atoms with Gasteiger partial charge in [0.1, 0.15) is 0 Å². The third-order valence-electron chi connectivity index (χ3n) is 4.87. The first-order valence-corrected chi connectivity index (χ1v) is 8.90. The highest BCUT2D eigenvalue weighted by atomic mass is 14.9. The molecule has 0 aromatic heterocycles. The second-order valence-corrected chi connectivity index (χ2v) is 7.04. The van der Waals surface area contributed by atoms with Crippen LogP contribution in [0.1, 0.15) is 85.5 Å². The third kappa shape index (κ3) is 6.79. The van der Waals surface area contributed by atoms with Crippen LogP contribution in [-0.2, 0) is 0 Å². The molecular formula is C18H37N. The van der Waals surface area contributed by atoms with E-state index >= 15 is 0 Å². The molecule has 1 heteroatoms. The number of rotatable bonds is 9. The molecular weight excluding hydrogens is 230 g/mol. The van der Waals surface area contributed by atoms with Crippen molar-refractivity contribution in [3.63, 3.8) is 0 Å². The largest absolute Gasteiger partial charge is 0.314 e. The summed E-state index contributed by atoms with van der Waals surface area (Å²) in [7, 11) is 0. The van der Waals surface area contributed by atoms with E-state index in [0.717, 1.165) is 30.3 Å². The van der Waals surface area contributed by atoms with Crippen LogP contribution >= 0.6 is 0 Å². The highest BCUT2D eigenvalue weighted by molar-refractivity contribution is 4.83. The van der Waals surface area contributed by atoms with Crippen molar-refractivity contribution in [1.29, 1.82) is 0 Å². The molecule has 1 aliphatic carbocycles. The minimum Gasteiger partial charge on any atom is -0.314 e. The smallest absolute Gasteiger partial charge is 0.00954 e. The van der Waals surface area contributed by atoms with Crippen LogP contribution in [0, 0.1) is 17.8 Å². The zero-order valence-electron chi connectivity index (χ0n) is 13.9. The Hall–Kier alpha value is -0.0400. The van der Waals surface area contributed by atoms with Gasteiger partial charge in [0.2, 0.25) is 0 Å². The van der Waals surface area contributed by atoms with Crippen LogP contribution in [0.5, 0.6) is 0 Å². The summed E-state index contributed by atoms with van der Waals surface area (Å²) in [6, 6.07) is 0.789. The minimum atomic E-state index is 0.789. The summed E-state index contributed by atoms with van der Waals surface area (Å²) >= 11 is 0. The first kappa shape index (κ1) is 17.0. The molecule has 1 N–H and O–H groups in total. The van der Waals surface area contributed by atoms with Crippen LogP contribution < -0.4 is 5.32 Å². The van der Waals surface area contributed by atoms with Gasteiger partial charge < -0.3 is 5.32 Å². The van der Waals surface area contributed by atoms with Gasteiger partial charge in [-0.2, -0.15) is 0 Å². The van der Waals surface area contributed by atoms with Crippen molar-refractivity contribution in [2.24, 2.45) is 17.8 Å². The molecule has 19 heavy (non-hydrogen) atoms. The summed E-state index contributed by atoms with van der Waals surface area (Å²) in [5.41, 5.74) is 0. The fourth-order valence-corrected chi connectivity index (χ4v) is 4.07. The van der Waals surface area contributed by atoms with Crippen molar-refractivity contribution >= 4 is 0 Å².